The van der Waals surface area contributed by atoms with Crippen LogP contribution in [0.3, 0.4) is 0 Å². The van der Waals surface area contributed by atoms with Gasteiger partial charge in [-0.3, -0.25) is 0 Å². The van der Waals surface area contributed by atoms with Crippen LogP contribution in [0.4, 0.5) is 8.78 Å². The number of halogens is 3. The van der Waals surface area contributed by atoms with Crippen molar-refractivity contribution in [2.75, 3.05) is 0 Å². The molecular formula is C17H15ClF2N4. The Morgan fingerprint density at radius 1 is 1.12 bits per heavy atom. The molecule has 3 aromatic rings. The first-order valence-corrected chi connectivity index (χ1v) is 8.29. The molecule has 2 aromatic heterocycles. The third-order valence-electron chi connectivity index (χ3n) is 4.59. The van der Waals surface area contributed by atoms with Gasteiger partial charge in [0.1, 0.15) is 22.9 Å². The van der Waals surface area contributed by atoms with Crippen molar-refractivity contribution < 1.29 is 8.78 Å². The van der Waals surface area contributed by atoms with Crippen LogP contribution in [0.1, 0.15) is 37.5 Å². The van der Waals surface area contributed by atoms with E-state index in [1.54, 1.807) is 6.07 Å². The average molecular weight is 349 g/mol. The first-order chi connectivity index (χ1) is 11.5. The first kappa shape index (κ1) is 15.4. The molecule has 1 saturated carbocycles. The molecule has 1 aliphatic carbocycles. The predicted molar refractivity (Wildman–Crippen MR) is 87.9 cm³/mol. The van der Waals surface area contributed by atoms with Crippen molar-refractivity contribution >= 4 is 22.6 Å². The van der Waals surface area contributed by atoms with Crippen LogP contribution >= 0.6 is 11.6 Å². The Labute approximate surface area is 142 Å². The molecular weight excluding hydrogens is 334 g/mol. The summed E-state index contributed by atoms with van der Waals surface area (Å²) in [6.07, 6.45) is 5.34. The van der Waals surface area contributed by atoms with Crippen molar-refractivity contribution in [3.05, 3.63) is 41.1 Å². The molecule has 0 aliphatic heterocycles. The summed E-state index contributed by atoms with van der Waals surface area (Å²) in [7, 11) is 0. The number of fused-ring (bicyclic) bond motifs is 1. The number of aromatic nitrogens is 4. The molecule has 0 N–H and O–H groups in total. The molecule has 0 amide bonds. The van der Waals surface area contributed by atoms with Crippen molar-refractivity contribution in [1.82, 2.24) is 19.5 Å². The second-order valence-electron chi connectivity index (χ2n) is 6.13. The fourth-order valence-corrected chi connectivity index (χ4v) is 3.73. The number of aryl methyl sites for hydroxylation is 1. The summed E-state index contributed by atoms with van der Waals surface area (Å²) in [4.78, 5) is 11.9. The third-order valence-corrected chi connectivity index (χ3v) is 4.78. The van der Waals surface area contributed by atoms with E-state index in [0.717, 1.165) is 37.7 Å². The minimum atomic E-state index is -0.648. The Kier molecular flexibility index (Phi) is 3.72. The summed E-state index contributed by atoms with van der Waals surface area (Å²) in [5.74, 6) is -0.302. The number of nitrogens with zero attached hydrogens (tertiary/aromatic N) is 4. The Morgan fingerprint density at radius 3 is 2.62 bits per heavy atom. The van der Waals surface area contributed by atoms with Crippen molar-refractivity contribution in [2.45, 2.75) is 38.6 Å². The van der Waals surface area contributed by atoms with Gasteiger partial charge in [-0.1, -0.05) is 12.8 Å². The van der Waals surface area contributed by atoms with Crippen LogP contribution in [0.5, 0.6) is 0 Å². The highest BCUT2D eigenvalue weighted by Crippen LogP contribution is 2.36. The smallest absolute Gasteiger partial charge is 0.223 e. The van der Waals surface area contributed by atoms with Crippen LogP contribution in [0, 0.1) is 18.6 Å². The zero-order valence-electron chi connectivity index (χ0n) is 13.1. The number of hydrogen-bond donors (Lipinski definition) is 0. The zero-order valence-corrected chi connectivity index (χ0v) is 13.8. The Morgan fingerprint density at radius 2 is 1.88 bits per heavy atom. The van der Waals surface area contributed by atoms with E-state index >= 15 is 0 Å². The Bertz CT molecular complexity index is 932. The molecule has 1 aromatic carbocycles. The zero-order chi connectivity index (χ0) is 16.8. The molecule has 1 fully saturated rings. The van der Waals surface area contributed by atoms with Gasteiger partial charge < -0.3 is 4.57 Å². The average Bonchev–Trinajstić information content (AvgIpc) is 3.16. The van der Waals surface area contributed by atoms with E-state index in [2.05, 4.69) is 15.0 Å². The molecule has 0 atom stereocenters. The van der Waals surface area contributed by atoms with Gasteiger partial charge in [-0.2, -0.15) is 0 Å². The summed E-state index contributed by atoms with van der Waals surface area (Å²) in [6.45, 7) is 1.87. The fourth-order valence-electron chi connectivity index (χ4n) is 3.59. The van der Waals surface area contributed by atoms with Gasteiger partial charge in [-0.25, -0.2) is 23.7 Å². The number of imidazole rings is 1. The summed E-state index contributed by atoms with van der Waals surface area (Å²) in [5.41, 5.74) is 1.26. The van der Waals surface area contributed by atoms with Gasteiger partial charge >= 0.3 is 0 Å². The van der Waals surface area contributed by atoms with E-state index in [0.29, 0.717) is 16.6 Å². The highest BCUT2D eigenvalue weighted by molar-refractivity contribution is 6.28. The molecule has 0 bridgehead atoms. The van der Waals surface area contributed by atoms with Gasteiger partial charge in [0, 0.05) is 11.6 Å². The fraction of sp³-hybridized carbons (Fsp3) is 0.353. The van der Waals surface area contributed by atoms with Gasteiger partial charge in [-0.05, 0) is 43.5 Å². The topological polar surface area (TPSA) is 43.6 Å². The lowest BCUT2D eigenvalue weighted by molar-refractivity contribution is 0.510. The van der Waals surface area contributed by atoms with Crippen LogP contribution in [0.15, 0.2) is 18.3 Å². The number of benzene rings is 1. The first-order valence-electron chi connectivity index (χ1n) is 7.91. The van der Waals surface area contributed by atoms with E-state index in [9.17, 15) is 8.78 Å². The molecule has 124 valence electrons. The molecule has 2 heterocycles. The molecule has 4 rings (SSSR count). The highest BCUT2D eigenvalue weighted by atomic mass is 35.5. The summed E-state index contributed by atoms with van der Waals surface area (Å²) < 4.78 is 30.8. The maximum atomic E-state index is 14.8. The number of rotatable bonds is 2. The van der Waals surface area contributed by atoms with Crippen LogP contribution in [0.25, 0.3) is 22.3 Å². The van der Waals surface area contributed by atoms with Crippen LogP contribution in [0.2, 0.25) is 5.28 Å². The van der Waals surface area contributed by atoms with Crippen molar-refractivity contribution in [3.63, 3.8) is 0 Å². The molecule has 0 unspecified atom stereocenters. The van der Waals surface area contributed by atoms with Gasteiger partial charge in [0.25, 0.3) is 0 Å². The molecule has 7 heteroatoms. The van der Waals surface area contributed by atoms with Gasteiger partial charge in [-0.15, -0.1) is 0 Å². The normalized spacial score (nSPS) is 15.5. The van der Waals surface area contributed by atoms with Gasteiger partial charge in [0.15, 0.2) is 5.82 Å². The molecule has 4 nitrogen and oxygen atoms in total. The maximum absolute atomic E-state index is 14.8. The van der Waals surface area contributed by atoms with E-state index < -0.39 is 11.6 Å². The quantitative estimate of drug-likeness (QED) is 0.622. The largest absolute Gasteiger partial charge is 0.323 e. The van der Waals surface area contributed by atoms with Gasteiger partial charge in [0.2, 0.25) is 5.28 Å². The SMILES string of the molecule is Cc1nc2cc(-c3nc(Cl)ncc3F)cc(F)c2n1C1CCCC1. The van der Waals surface area contributed by atoms with Crippen molar-refractivity contribution in [1.29, 1.82) is 0 Å². The van der Waals surface area contributed by atoms with Crippen molar-refractivity contribution in [2.24, 2.45) is 0 Å². The minimum absolute atomic E-state index is 0.0242. The minimum Gasteiger partial charge on any atom is -0.323 e. The van der Waals surface area contributed by atoms with E-state index in [1.807, 2.05) is 11.5 Å². The van der Waals surface area contributed by atoms with Crippen LogP contribution in [-0.4, -0.2) is 19.5 Å². The monoisotopic (exact) mass is 348 g/mol. The predicted octanol–water partition coefficient (Wildman–Crippen LogP) is 4.85. The van der Waals surface area contributed by atoms with Crippen molar-refractivity contribution in [3.8, 4) is 11.3 Å². The Balaban J connectivity index is 1.91. The highest BCUT2D eigenvalue weighted by Gasteiger charge is 2.24. The second-order valence-corrected chi connectivity index (χ2v) is 6.47. The molecule has 0 spiro atoms. The van der Waals surface area contributed by atoms with E-state index in [1.165, 1.54) is 6.07 Å². The standard InChI is InChI=1S/C17H15ClF2N4/c1-9-22-14-7-10(15-13(20)8-21-17(18)23-15)6-12(19)16(14)24(9)11-4-2-3-5-11/h6-8,11H,2-5H2,1H3. The lowest BCUT2D eigenvalue weighted by Crippen LogP contribution is -2.07. The lowest BCUT2D eigenvalue weighted by Gasteiger charge is -2.15. The maximum Gasteiger partial charge on any atom is 0.223 e. The molecule has 0 radical (unpaired) electrons. The summed E-state index contributed by atoms with van der Waals surface area (Å²) in [5, 5.41) is -0.0837. The Hall–Kier alpha value is -2.08. The molecule has 0 saturated heterocycles. The van der Waals surface area contributed by atoms with E-state index in [-0.39, 0.29) is 17.0 Å². The van der Waals surface area contributed by atoms with Crippen LogP contribution < -0.4 is 0 Å². The third kappa shape index (κ3) is 2.45. The van der Waals surface area contributed by atoms with Crippen LogP contribution in [-0.2, 0) is 0 Å². The van der Waals surface area contributed by atoms with Gasteiger partial charge in [0.05, 0.1) is 11.7 Å². The lowest BCUT2D eigenvalue weighted by atomic mass is 10.1. The van der Waals surface area contributed by atoms with E-state index in [4.69, 9.17) is 11.6 Å². The molecule has 24 heavy (non-hydrogen) atoms. The summed E-state index contributed by atoms with van der Waals surface area (Å²) >= 11 is 5.74. The second kappa shape index (κ2) is 5.77. The summed E-state index contributed by atoms with van der Waals surface area (Å²) in [6, 6.07) is 3.22. The number of hydrogen-bond acceptors (Lipinski definition) is 3. The molecule has 1 aliphatic rings.